The lowest BCUT2D eigenvalue weighted by Crippen LogP contribution is -1.88. The summed E-state index contributed by atoms with van der Waals surface area (Å²) < 4.78 is 0. The normalized spacial score (nSPS) is 9.73. The lowest BCUT2D eigenvalue weighted by molar-refractivity contribution is 0.667. The number of aromatic nitrogens is 12. The Labute approximate surface area is 685 Å². The fourth-order valence-corrected chi connectivity index (χ4v) is 10.1. The first-order valence-electron chi connectivity index (χ1n) is 36.6. The summed E-state index contributed by atoms with van der Waals surface area (Å²) in [4.78, 5) is 48.3. The van der Waals surface area contributed by atoms with Crippen LogP contribution in [0.5, 0.6) is 0 Å². The van der Waals surface area contributed by atoms with E-state index in [1.165, 1.54) is 104 Å². The third kappa shape index (κ3) is 36.8. The molecule has 0 radical (unpaired) electrons. The maximum absolute atomic E-state index is 5.73. The third-order valence-corrected chi connectivity index (χ3v) is 16.8. The highest BCUT2D eigenvalue weighted by Gasteiger charge is 2.02. The zero-order valence-electron chi connectivity index (χ0n) is 63.0. The van der Waals surface area contributed by atoms with E-state index in [4.69, 9.17) is 69.6 Å². The van der Waals surface area contributed by atoms with Crippen molar-refractivity contribution in [2.24, 2.45) is 0 Å². The number of halogens is 6. The minimum atomic E-state index is 0.477. The Morgan fingerprint density at radius 3 is 0.631 bits per heavy atom. The molecule has 111 heavy (non-hydrogen) atoms. The van der Waals surface area contributed by atoms with Crippen LogP contribution in [0.4, 0.5) is 0 Å². The quantitative estimate of drug-likeness (QED) is 0.0709. The highest BCUT2D eigenvalue weighted by molar-refractivity contribution is 6.31. The predicted molar refractivity (Wildman–Crippen MR) is 455 cm³/mol. The highest BCUT2D eigenvalue weighted by Crippen LogP contribution is 2.15. The van der Waals surface area contributed by atoms with Crippen molar-refractivity contribution in [1.29, 1.82) is 0 Å². The Hall–Kier alpha value is -11.1. The fourth-order valence-electron chi connectivity index (χ4n) is 9.51. The smallest absolute Gasteiger partial charge is 0.205 e. The molecule has 0 bridgehead atoms. The number of nitrogens with zero attached hydrogens (tertiary/aromatic N) is 12. The molecular weight excluding hydrogens is 1500 g/mol. The molecule has 0 aliphatic rings. The second kappa shape index (κ2) is 51.3. The molecule has 12 nitrogen and oxygen atoms in total. The van der Waals surface area contributed by atoms with Gasteiger partial charge in [0.2, 0.25) is 34.9 Å². The van der Waals surface area contributed by atoms with Crippen molar-refractivity contribution >= 4 is 69.6 Å². The molecule has 0 fully saturated rings. The largest absolute Gasteiger partial charge is 0.228 e. The average Bonchev–Trinajstić information content (AvgIpc) is 0.913. The second-order valence-electron chi connectivity index (χ2n) is 24.7. The van der Waals surface area contributed by atoms with Crippen molar-refractivity contribution in [2.45, 2.75) is 138 Å². The number of unbranched alkanes of at least 4 members (excludes halogenated alkanes) is 6. The second-order valence-corrected chi connectivity index (χ2v) is 27.3. The summed E-state index contributed by atoms with van der Waals surface area (Å²) in [5, 5.41) is 3.11. The summed E-state index contributed by atoms with van der Waals surface area (Å²) in [6.45, 7) is 13.0. The monoisotopic (exact) mass is 1580 g/mol. The number of aryl methyl sites for hydroxylation is 6. The molecule has 0 aliphatic heterocycles. The molecule has 6 aromatic heterocycles. The van der Waals surface area contributed by atoms with Crippen LogP contribution < -0.4 is 0 Å². The summed E-state index contributed by atoms with van der Waals surface area (Å²) in [6.07, 6.45) is 36.7. The van der Waals surface area contributed by atoms with Crippen LogP contribution in [-0.4, -0.2) is 59.8 Å². The first kappa shape index (κ1) is 87.1. The van der Waals surface area contributed by atoms with Gasteiger partial charge in [-0.25, -0.2) is 59.8 Å². The highest BCUT2D eigenvalue weighted by atomic mass is 35.5. The maximum Gasteiger partial charge on any atom is 0.205 e. The minimum absolute atomic E-state index is 0.477. The Morgan fingerprint density at radius 1 is 0.207 bits per heavy atom. The van der Waals surface area contributed by atoms with Crippen molar-refractivity contribution in [3.05, 3.63) is 352 Å². The molecular formula is C93H84Cl6N12. The molecule has 0 saturated heterocycles. The molecule has 12 rings (SSSR count). The van der Waals surface area contributed by atoms with Gasteiger partial charge < -0.3 is 0 Å². The molecule has 0 unspecified atom stereocenters. The molecule has 0 N–H and O–H groups in total. The zero-order chi connectivity index (χ0) is 78.9. The van der Waals surface area contributed by atoms with Gasteiger partial charge in [0.15, 0.2) is 0 Å². The molecule has 0 amide bonds. The summed E-state index contributed by atoms with van der Waals surface area (Å²) in [5.74, 6) is 38.6. The summed E-state index contributed by atoms with van der Waals surface area (Å²) >= 11 is 34.2. The topological polar surface area (TPSA) is 155 Å². The first-order valence-corrected chi connectivity index (χ1v) is 38.9. The van der Waals surface area contributed by atoms with Gasteiger partial charge in [-0.1, -0.05) is 263 Å². The standard InChI is InChI=1S/C18H19ClN2.C17H17ClN2.C16H15ClN2.C15H13ClN2.C14H11ClN2.C13H9ClN2/c1-2-3-4-5-6-15-7-9-16(10-8-15)11-12-18-20-13-17(19)14-21-18;1-2-3-4-5-14-6-8-15(9-7-14)10-11-17-19-12-16(18)13-20-17;1-2-3-4-13-5-7-14(8-6-13)9-10-16-18-11-15(17)12-19-16;1-2-3-12-4-6-13(7-5-12)8-9-15-17-10-14(16)11-18-15;1-2-11-3-5-12(6-4-11)7-8-14-16-9-13(15)10-17-14;1-10-2-4-11(5-3-10)6-7-13-15-8-12(14)9-16-13/h7-10,13-14H,2-6H2,1H3;6-9,12-13H,2-5H2,1H3;5-8,11-12H,2-4H2,1H3;4-7,10-11H,2-3H2,1H3;3-6,9-10H,2H2,1H3;2-5,8-9H,1H3. The number of hydrogen-bond donors (Lipinski definition) is 0. The van der Waals surface area contributed by atoms with Gasteiger partial charge in [0.25, 0.3) is 0 Å². The van der Waals surface area contributed by atoms with E-state index in [9.17, 15) is 0 Å². The Kier molecular flexibility index (Phi) is 40.3. The van der Waals surface area contributed by atoms with Gasteiger partial charge in [-0.3, -0.25) is 0 Å². The van der Waals surface area contributed by atoms with Crippen molar-refractivity contribution in [1.82, 2.24) is 59.8 Å². The van der Waals surface area contributed by atoms with Crippen LogP contribution >= 0.6 is 69.6 Å². The van der Waals surface area contributed by atoms with E-state index in [1.807, 2.05) is 79.7 Å². The summed E-state index contributed by atoms with van der Waals surface area (Å²) in [6, 6.07) is 49.5. The molecule has 12 aromatic rings. The van der Waals surface area contributed by atoms with E-state index >= 15 is 0 Å². The maximum atomic E-state index is 5.73. The lowest BCUT2D eigenvalue weighted by Gasteiger charge is -2.01. The molecule has 18 heteroatoms. The van der Waals surface area contributed by atoms with E-state index in [0.29, 0.717) is 65.1 Å². The number of benzene rings is 6. The Bertz CT molecular complexity index is 5070. The van der Waals surface area contributed by atoms with Crippen molar-refractivity contribution < 1.29 is 0 Å². The molecule has 0 saturated carbocycles. The SMILES string of the molecule is CCCCCCc1ccc(C#Cc2ncc(Cl)cn2)cc1.CCCCCc1ccc(C#Cc2ncc(Cl)cn2)cc1.CCCCc1ccc(C#Cc2ncc(Cl)cn2)cc1.CCCc1ccc(C#Cc2ncc(Cl)cn2)cc1.CCc1ccc(C#Cc2ncc(Cl)cn2)cc1.Cc1ccc(C#Cc2ncc(Cl)cn2)cc1. The van der Waals surface area contributed by atoms with Crippen molar-refractivity contribution in [3.63, 3.8) is 0 Å². The van der Waals surface area contributed by atoms with E-state index in [0.717, 1.165) is 71.9 Å². The van der Waals surface area contributed by atoms with Crippen LogP contribution in [0, 0.1) is 78.0 Å². The third-order valence-electron chi connectivity index (χ3n) is 15.6. The fraction of sp³-hybridized carbons (Fsp3) is 0.226. The molecule has 0 aliphatic carbocycles. The van der Waals surface area contributed by atoms with E-state index in [1.54, 1.807) is 62.0 Å². The Morgan fingerprint density at radius 2 is 0.405 bits per heavy atom. The van der Waals surface area contributed by atoms with Crippen molar-refractivity contribution in [2.75, 3.05) is 0 Å². The van der Waals surface area contributed by atoms with E-state index < -0.39 is 0 Å². The summed E-state index contributed by atoms with van der Waals surface area (Å²) in [5.41, 5.74) is 13.8. The Balaban J connectivity index is 0.000000185. The zero-order valence-corrected chi connectivity index (χ0v) is 67.6. The molecule has 0 atom stereocenters. The van der Waals surface area contributed by atoms with Gasteiger partial charge in [-0.2, -0.15) is 0 Å². The van der Waals surface area contributed by atoms with Crippen LogP contribution in [0.2, 0.25) is 30.1 Å². The van der Waals surface area contributed by atoms with Crippen LogP contribution in [0.25, 0.3) is 0 Å². The van der Waals surface area contributed by atoms with Gasteiger partial charge in [0, 0.05) is 33.4 Å². The molecule has 0 spiro atoms. The number of hydrogen-bond acceptors (Lipinski definition) is 12. The van der Waals surface area contributed by atoms with Crippen LogP contribution in [0.1, 0.15) is 201 Å². The minimum Gasteiger partial charge on any atom is -0.228 e. The molecule has 6 aromatic carbocycles. The first-order chi connectivity index (χ1) is 54.1. The average molecular weight is 1580 g/mol. The van der Waals surface area contributed by atoms with Crippen LogP contribution in [0.3, 0.4) is 0 Å². The van der Waals surface area contributed by atoms with E-state index in [2.05, 4.69) is 238 Å². The van der Waals surface area contributed by atoms with Crippen LogP contribution in [-0.2, 0) is 32.1 Å². The van der Waals surface area contributed by atoms with Gasteiger partial charge in [0.1, 0.15) is 0 Å². The molecule has 6 heterocycles. The van der Waals surface area contributed by atoms with Gasteiger partial charge in [0.05, 0.1) is 104 Å². The molecule has 558 valence electrons. The van der Waals surface area contributed by atoms with E-state index in [-0.39, 0.29) is 0 Å². The van der Waals surface area contributed by atoms with Gasteiger partial charge in [-0.15, -0.1) is 0 Å². The van der Waals surface area contributed by atoms with Gasteiger partial charge in [-0.05, 0) is 194 Å². The lowest BCUT2D eigenvalue weighted by atomic mass is 10.0. The van der Waals surface area contributed by atoms with Gasteiger partial charge >= 0.3 is 0 Å². The predicted octanol–water partition coefficient (Wildman–Crippen LogP) is 22.2. The summed E-state index contributed by atoms with van der Waals surface area (Å²) in [7, 11) is 0. The van der Waals surface area contributed by atoms with Crippen molar-refractivity contribution in [3.8, 4) is 71.0 Å². The van der Waals surface area contributed by atoms with Crippen LogP contribution in [0.15, 0.2) is 220 Å². The number of rotatable bonds is 15.